The fourth-order valence-corrected chi connectivity index (χ4v) is 4.87. The largest absolute Gasteiger partial charge is 0.465 e. The van der Waals surface area contributed by atoms with Gasteiger partial charge in [-0.15, -0.1) is 11.3 Å². The average molecular weight is 527 g/mol. The summed E-state index contributed by atoms with van der Waals surface area (Å²) >= 11 is 23.0. The predicted molar refractivity (Wildman–Crippen MR) is 117 cm³/mol. The number of ether oxygens (including phenoxy) is 1. The summed E-state index contributed by atoms with van der Waals surface area (Å²) in [5, 5.41) is 6.23. The van der Waals surface area contributed by atoms with E-state index in [0.717, 1.165) is 34.2 Å². The minimum absolute atomic E-state index is 0.408. The molecule has 1 aliphatic rings. The Balaban J connectivity index is 1.87. The number of methoxy groups -OCH3 is 1. The van der Waals surface area contributed by atoms with Gasteiger partial charge in [-0.05, 0) is 49.1 Å². The number of benzene rings is 1. The fraction of sp³-hybridized carbons (Fsp3) is 0.333. The normalized spacial score (nSPS) is 14.3. The average Bonchev–Trinajstić information content (AvgIpc) is 3.21. The number of nitrogens with one attached hydrogen (secondary N) is 2. The summed E-state index contributed by atoms with van der Waals surface area (Å²) in [7, 11) is 1.33. The topological polar surface area (TPSA) is 67.4 Å². The Bertz CT molecular complexity index is 897. The monoisotopic (exact) mass is 524 g/mol. The van der Waals surface area contributed by atoms with Gasteiger partial charge in [-0.2, -0.15) is 0 Å². The zero-order valence-electron chi connectivity index (χ0n) is 14.7. The van der Waals surface area contributed by atoms with Crippen molar-refractivity contribution in [3.63, 3.8) is 0 Å². The van der Waals surface area contributed by atoms with Crippen LogP contribution < -0.4 is 10.6 Å². The molecular formula is C18H16BrCl3N2O3S. The molecule has 5 nitrogen and oxygen atoms in total. The number of halogens is 4. The van der Waals surface area contributed by atoms with E-state index < -0.39 is 21.8 Å². The summed E-state index contributed by atoms with van der Waals surface area (Å²) in [6.07, 6.45) is 1.60. The van der Waals surface area contributed by atoms with E-state index >= 15 is 0 Å². The molecule has 1 heterocycles. The number of alkyl halides is 3. The molecule has 0 saturated carbocycles. The van der Waals surface area contributed by atoms with Crippen molar-refractivity contribution in [2.75, 3.05) is 12.4 Å². The van der Waals surface area contributed by atoms with Gasteiger partial charge in [-0.1, -0.05) is 50.7 Å². The van der Waals surface area contributed by atoms with Crippen molar-refractivity contribution in [2.24, 2.45) is 0 Å². The highest BCUT2D eigenvalue weighted by atomic mass is 79.9. The number of carbonyl (C=O) groups excluding carboxylic acids is 2. The molecule has 1 atom stereocenters. The third kappa shape index (κ3) is 4.76. The van der Waals surface area contributed by atoms with Gasteiger partial charge in [-0.3, -0.25) is 4.79 Å². The van der Waals surface area contributed by atoms with E-state index in [1.807, 2.05) is 0 Å². The van der Waals surface area contributed by atoms with Crippen LogP contribution in [0.1, 0.15) is 37.6 Å². The van der Waals surface area contributed by atoms with Crippen molar-refractivity contribution in [1.82, 2.24) is 5.32 Å². The maximum atomic E-state index is 12.6. The van der Waals surface area contributed by atoms with Crippen LogP contribution >= 0.6 is 62.1 Å². The molecule has 1 aliphatic carbocycles. The van der Waals surface area contributed by atoms with Gasteiger partial charge in [-0.25, -0.2) is 4.79 Å². The minimum atomic E-state index is -1.85. The molecule has 10 heteroatoms. The molecule has 0 spiro atoms. The highest BCUT2D eigenvalue weighted by Gasteiger charge is 2.37. The predicted octanol–water partition coefficient (Wildman–Crippen LogP) is 5.32. The first-order valence-corrected chi connectivity index (χ1v) is 11.1. The van der Waals surface area contributed by atoms with Crippen molar-refractivity contribution in [2.45, 2.75) is 29.2 Å². The van der Waals surface area contributed by atoms with Gasteiger partial charge in [0.05, 0.1) is 12.7 Å². The Hall–Kier alpha value is -0.990. The lowest BCUT2D eigenvalue weighted by Gasteiger charge is -2.27. The third-order valence-corrected chi connectivity index (χ3v) is 6.70. The van der Waals surface area contributed by atoms with Crippen LogP contribution in [0.5, 0.6) is 0 Å². The lowest BCUT2D eigenvalue weighted by molar-refractivity contribution is 0.0601. The number of esters is 1. The number of fused-ring (bicyclic) bond motifs is 1. The van der Waals surface area contributed by atoms with Crippen LogP contribution in [0.15, 0.2) is 28.7 Å². The van der Waals surface area contributed by atoms with Gasteiger partial charge in [0.1, 0.15) is 11.2 Å². The number of carbonyl (C=O) groups is 2. The van der Waals surface area contributed by atoms with Gasteiger partial charge in [0, 0.05) is 14.9 Å². The number of thiophene rings is 1. The number of rotatable bonds is 5. The molecule has 0 fully saturated rings. The number of anilines is 1. The zero-order valence-corrected chi connectivity index (χ0v) is 19.3. The van der Waals surface area contributed by atoms with E-state index in [1.54, 1.807) is 24.3 Å². The third-order valence-electron chi connectivity index (χ3n) is 4.30. The van der Waals surface area contributed by atoms with Crippen LogP contribution in [-0.2, 0) is 17.6 Å². The zero-order chi connectivity index (χ0) is 20.5. The fourth-order valence-electron chi connectivity index (χ4n) is 2.97. The van der Waals surface area contributed by atoms with Crippen LogP contribution in [-0.4, -0.2) is 28.9 Å². The Kier molecular flexibility index (Phi) is 6.82. The molecule has 2 N–H and O–H groups in total. The summed E-state index contributed by atoms with van der Waals surface area (Å²) < 4.78 is 3.92. The molecule has 1 amide bonds. The summed E-state index contributed by atoms with van der Waals surface area (Å²) in [5.74, 6) is -0.871. The molecule has 0 aliphatic heterocycles. The second kappa shape index (κ2) is 8.79. The lowest BCUT2D eigenvalue weighted by atomic mass is 10.1. The van der Waals surface area contributed by atoms with Gasteiger partial charge in [0.25, 0.3) is 5.91 Å². The van der Waals surface area contributed by atoms with E-state index in [1.165, 1.54) is 18.4 Å². The van der Waals surface area contributed by atoms with Crippen molar-refractivity contribution in [3.05, 3.63) is 50.3 Å². The number of amides is 1. The molecule has 0 radical (unpaired) electrons. The number of hydrogen-bond acceptors (Lipinski definition) is 5. The summed E-state index contributed by atoms with van der Waals surface area (Å²) in [4.78, 5) is 26.0. The molecule has 1 aromatic heterocycles. The molecular weight excluding hydrogens is 511 g/mol. The molecule has 0 unspecified atom stereocenters. The smallest absolute Gasteiger partial charge is 0.341 e. The molecule has 150 valence electrons. The second-order valence-corrected chi connectivity index (χ2v) is 10.5. The van der Waals surface area contributed by atoms with Gasteiger partial charge in [0.15, 0.2) is 0 Å². The number of aryl methyl sites for hydroxylation is 1. The van der Waals surface area contributed by atoms with Gasteiger partial charge < -0.3 is 15.4 Å². The minimum Gasteiger partial charge on any atom is -0.465 e. The molecule has 0 saturated heterocycles. The first-order valence-electron chi connectivity index (χ1n) is 8.33. The Morgan fingerprint density at radius 2 is 1.89 bits per heavy atom. The second-order valence-electron chi connectivity index (χ2n) is 6.15. The van der Waals surface area contributed by atoms with Crippen LogP contribution in [0.4, 0.5) is 5.00 Å². The first kappa shape index (κ1) is 21.7. The van der Waals surface area contributed by atoms with Crippen molar-refractivity contribution < 1.29 is 14.3 Å². The summed E-state index contributed by atoms with van der Waals surface area (Å²) in [6, 6.07) is 6.78. The molecule has 0 bridgehead atoms. The Morgan fingerprint density at radius 1 is 1.21 bits per heavy atom. The lowest BCUT2D eigenvalue weighted by Crippen LogP contribution is -2.49. The van der Waals surface area contributed by atoms with Crippen LogP contribution in [0.25, 0.3) is 0 Å². The van der Waals surface area contributed by atoms with E-state index in [0.29, 0.717) is 16.1 Å². The first-order chi connectivity index (χ1) is 13.2. The van der Waals surface area contributed by atoms with Gasteiger partial charge in [0.2, 0.25) is 3.79 Å². The Morgan fingerprint density at radius 3 is 2.50 bits per heavy atom. The Labute approximate surface area is 189 Å². The van der Waals surface area contributed by atoms with Crippen molar-refractivity contribution >= 4 is 78.9 Å². The molecule has 28 heavy (non-hydrogen) atoms. The molecule has 1 aromatic carbocycles. The summed E-state index contributed by atoms with van der Waals surface area (Å²) in [6.45, 7) is 0. The quantitative estimate of drug-likeness (QED) is 0.314. The standard InChI is InChI=1S/C18H16BrCl3N2O3S/c1-27-16(26)13-11-3-2-4-12(11)28-15(13)24-17(18(20,21)22)23-14(25)9-5-7-10(19)8-6-9/h5-8,17,24H,2-4H2,1H3,(H,23,25)/t17-/m1/s1. The summed E-state index contributed by atoms with van der Waals surface area (Å²) in [5.41, 5.74) is 1.81. The maximum Gasteiger partial charge on any atom is 0.341 e. The van der Waals surface area contributed by atoms with Crippen molar-refractivity contribution in [3.8, 4) is 0 Å². The molecule has 3 rings (SSSR count). The van der Waals surface area contributed by atoms with Crippen LogP contribution in [0.2, 0.25) is 0 Å². The van der Waals surface area contributed by atoms with E-state index in [4.69, 9.17) is 39.5 Å². The number of hydrogen-bond donors (Lipinski definition) is 2. The highest BCUT2D eigenvalue weighted by Crippen LogP contribution is 2.41. The van der Waals surface area contributed by atoms with E-state index in [9.17, 15) is 9.59 Å². The van der Waals surface area contributed by atoms with Crippen molar-refractivity contribution in [1.29, 1.82) is 0 Å². The highest BCUT2D eigenvalue weighted by molar-refractivity contribution is 9.10. The maximum absolute atomic E-state index is 12.6. The van der Waals surface area contributed by atoms with Crippen LogP contribution in [0, 0.1) is 0 Å². The van der Waals surface area contributed by atoms with E-state index in [2.05, 4.69) is 26.6 Å². The van der Waals surface area contributed by atoms with Gasteiger partial charge >= 0.3 is 5.97 Å². The van der Waals surface area contributed by atoms with Crippen LogP contribution in [0.3, 0.4) is 0 Å². The SMILES string of the molecule is COC(=O)c1c(N[C@@H](NC(=O)c2ccc(Br)cc2)C(Cl)(Cl)Cl)sc2c1CCC2. The molecule has 2 aromatic rings. The van der Waals surface area contributed by atoms with E-state index in [-0.39, 0.29) is 0 Å².